The Balaban J connectivity index is 1.85. The second-order valence-electron chi connectivity index (χ2n) is 4.51. The first-order valence-corrected chi connectivity index (χ1v) is 6.36. The largest absolute Gasteiger partial charge is 0.416 e. The Bertz CT molecular complexity index is 594. The number of rotatable bonds is 5. The van der Waals surface area contributed by atoms with Gasteiger partial charge in [-0.25, -0.2) is 4.98 Å². The summed E-state index contributed by atoms with van der Waals surface area (Å²) in [4.78, 5) is 18.6. The fourth-order valence-electron chi connectivity index (χ4n) is 1.86. The van der Waals surface area contributed by atoms with E-state index in [9.17, 15) is 18.0 Å². The van der Waals surface area contributed by atoms with Gasteiger partial charge in [0.1, 0.15) is 5.82 Å². The zero-order valence-electron chi connectivity index (χ0n) is 11.1. The van der Waals surface area contributed by atoms with Crippen LogP contribution in [0.1, 0.15) is 17.0 Å². The number of carbonyl (C=O) groups is 1. The second-order valence-corrected chi connectivity index (χ2v) is 4.51. The molecule has 1 aromatic carbocycles. The number of H-pyrrole nitrogens is 1. The molecule has 0 saturated carbocycles. The highest BCUT2D eigenvalue weighted by molar-refractivity contribution is 5.78. The molecular weight excluding hydrogens is 283 g/mol. The normalized spacial score (nSPS) is 11.4. The molecule has 1 aromatic heterocycles. The van der Waals surface area contributed by atoms with Crippen LogP contribution in [-0.4, -0.2) is 22.4 Å². The smallest absolute Gasteiger partial charge is 0.355 e. The summed E-state index contributed by atoms with van der Waals surface area (Å²) in [5.74, 6) is 0.426. The van der Waals surface area contributed by atoms with Gasteiger partial charge in [0, 0.05) is 25.4 Å². The van der Waals surface area contributed by atoms with Crippen molar-refractivity contribution < 1.29 is 18.0 Å². The van der Waals surface area contributed by atoms with E-state index >= 15 is 0 Å². The summed E-state index contributed by atoms with van der Waals surface area (Å²) in [5, 5.41) is 2.65. The van der Waals surface area contributed by atoms with E-state index in [1.54, 1.807) is 12.4 Å². The molecule has 2 aromatic rings. The van der Waals surface area contributed by atoms with Gasteiger partial charge in [0.25, 0.3) is 0 Å². The topological polar surface area (TPSA) is 57.8 Å². The van der Waals surface area contributed by atoms with Crippen molar-refractivity contribution in [1.82, 2.24) is 15.3 Å². The summed E-state index contributed by atoms with van der Waals surface area (Å²) >= 11 is 0. The van der Waals surface area contributed by atoms with Gasteiger partial charge in [-0.05, 0) is 11.6 Å². The van der Waals surface area contributed by atoms with Gasteiger partial charge in [0.15, 0.2) is 0 Å². The predicted octanol–water partition coefficient (Wildman–Crippen LogP) is 2.33. The Morgan fingerprint density at radius 3 is 2.81 bits per heavy atom. The van der Waals surface area contributed by atoms with E-state index in [1.807, 2.05) is 0 Å². The number of nitrogens with zero attached hydrogens (tertiary/aromatic N) is 1. The number of nitrogens with one attached hydrogen (secondary N) is 2. The summed E-state index contributed by atoms with van der Waals surface area (Å²) in [7, 11) is 0. The van der Waals surface area contributed by atoms with E-state index in [0.29, 0.717) is 18.5 Å². The van der Waals surface area contributed by atoms with E-state index in [2.05, 4.69) is 15.3 Å². The van der Waals surface area contributed by atoms with E-state index in [4.69, 9.17) is 0 Å². The van der Waals surface area contributed by atoms with Crippen molar-refractivity contribution in [2.24, 2.45) is 0 Å². The summed E-state index contributed by atoms with van der Waals surface area (Å²) in [6.07, 6.45) is -0.644. The van der Waals surface area contributed by atoms with Crippen LogP contribution in [0.3, 0.4) is 0 Å². The Morgan fingerprint density at radius 1 is 1.33 bits per heavy atom. The minimum absolute atomic E-state index is 0.0813. The summed E-state index contributed by atoms with van der Waals surface area (Å²) in [6.45, 7) is 0.380. The standard InChI is InChI=1S/C14H14F3N3O/c15-14(16,17)11-3-1-2-10(8-11)9-13(21)20-5-4-12-18-6-7-19-12/h1-3,6-8H,4-5,9H2,(H,18,19)(H,20,21). The van der Waals surface area contributed by atoms with Crippen molar-refractivity contribution in [3.05, 3.63) is 53.6 Å². The van der Waals surface area contributed by atoms with Crippen molar-refractivity contribution in [3.63, 3.8) is 0 Å². The van der Waals surface area contributed by atoms with Gasteiger partial charge in [-0.3, -0.25) is 4.79 Å². The van der Waals surface area contributed by atoms with Gasteiger partial charge in [-0.2, -0.15) is 13.2 Å². The van der Waals surface area contributed by atoms with E-state index in [0.717, 1.165) is 18.0 Å². The van der Waals surface area contributed by atoms with Crippen molar-refractivity contribution in [2.45, 2.75) is 19.0 Å². The molecule has 0 unspecified atom stereocenters. The quantitative estimate of drug-likeness (QED) is 0.890. The van der Waals surface area contributed by atoms with Crippen LogP contribution in [-0.2, 0) is 23.8 Å². The van der Waals surface area contributed by atoms with Crippen LogP contribution in [0.2, 0.25) is 0 Å². The molecule has 0 spiro atoms. The molecule has 0 aliphatic rings. The highest BCUT2D eigenvalue weighted by atomic mass is 19.4. The molecule has 2 rings (SSSR count). The summed E-state index contributed by atoms with van der Waals surface area (Å²) in [5.41, 5.74) is -0.413. The fraction of sp³-hybridized carbons (Fsp3) is 0.286. The Kier molecular flexibility index (Phi) is 4.62. The van der Waals surface area contributed by atoms with Crippen molar-refractivity contribution in [2.75, 3.05) is 6.54 Å². The molecule has 0 aliphatic heterocycles. The molecule has 0 bridgehead atoms. The van der Waals surface area contributed by atoms with Crippen molar-refractivity contribution >= 4 is 5.91 Å². The van der Waals surface area contributed by atoms with Gasteiger partial charge in [-0.1, -0.05) is 18.2 Å². The van der Waals surface area contributed by atoms with Gasteiger partial charge >= 0.3 is 6.18 Å². The molecule has 0 fully saturated rings. The highest BCUT2D eigenvalue weighted by Gasteiger charge is 2.30. The molecule has 0 aliphatic carbocycles. The maximum atomic E-state index is 12.6. The van der Waals surface area contributed by atoms with Crippen LogP contribution >= 0.6 is 0 Å². The molecule has 0 saturated heterocycles. The number of hydrogen-bond donors (Lipinski definition) is 2. The third kappa shape index (κ3) is 4.62. The van der Waals surface area contributed by atoms with Gasteiger partial charge in [0.2, 0.25) is 5.91 Å². The van der Waals surface area contributed by atoms with E-state index in [-0.39, 0.29) is 12.3 Å². The first kappa shape index (κ1) is 15.1. The Hall–Kier alpha value is -2.31. The summed E-state index contributed by atoms with van der Waals surface area (Å²) < 4.78 is 37.7. The average Bonchev–Trinajstić information content (AvgIpc) is 2.91. The van der Waals surface area contributed by atoms with Crippen LogP contribution in [0, 0.1) is 0 Å². The first-order chi connectivity index (χ1) is 9.95. The lowest BCUT2D eigenvalue weighted by atomic mass is 10.1. The molecule has 2 N–H and O–H groups in total. The van der Waals surface area contributed by atoms with Crippen LogP contribution in [0.4, 0.5) is 13.2 Å². The highest BCUT2D eigenvalue weighted by Crippen LogP contribution is 2.29. The van der Waals surface area contributed by atoms with Crippen molar-refractivity contribution in [1.29, 1.82) is 0 Å². The van der Waals surface area contributed by atoms with Gasteiger partial charge in [0.05, 0.1) is 12.0 Å². The SMILES string of the molecule is O=C(Cc1cccc(C(F)(F)F)c1)NCCc1ncc[nH]1. The number of benzene rings is 1. The van der Waals surface area contributed by atoms with Crippen LogP contribution in [0.15, 0.2) is 36.7 Å². The minimum Gasteiger partial charge on any atom is -0.355 e. The van der Waals surface area contributed by atoms with Gasteiger partial charge in [-0.15, -0.1) is 0 Å². The third-order valence-electron chi connectivity index (χ3n) is 2.86. The molecule has 4 nitrogen and oxygen atoms in total. The van der Waals surface area contributed by atoms with Crippen LogP contribution in [0.25, 0.3) is 0 Å². The number of amides is 1. The minimum atomic E-state index is -4.40. The Labute approximate surface area is 119 Å². The molecule has 112 valence electrons. The zero-order valence-corrected chi connectivity index (χ0v) is 11.1. The lowest BCUT2D eigenvalue weighted by Crippen LogP contribution is -2.27. The molecule has 7 heteroatoms. The average molecular weight is 297 g/mol. The number of carbonyl (C=O) groups excluding carboxylic acids is 1. The number of hydrogen-bond acceptors (Lipinski definition) is 2. The van der Waals surface area contributed by atoms with E-state index in [1.165, 1.54) is 12.1 Å². The zero-order chi connectivity index (χ0) is 15.3. The van der Waals surface area contributed by atoms with Gasteiger partial charge < -0.3 is 10.3 Å². The molecular formula is C14H14F3N3O. The number of imidazole rings is 1. The maximum Gasteiger partial charge on any atom is 0.416 e. The number of alkyl halides is 3. The monoisotopic (exact) mass is 297 g/mol. The van der Waals surface area contributed by atoms with Crippen molar-refractivity contribution in [3.8, 4) is 0 Å². The fourth-order valence-corrected chi connectivity index (χ4v) is 1.86. The third-order valence-corrected chi connectivity index (χ3v) is 2.86. The molecule has 0 radical (unpaired) electrons. The predicted molar refractivity (Wildman–Crippen MR) is 70.4 cm³/mol. The summed E-state index contributed by atoms with van der Waals surface area (Å²) in [6, 6.07) is 4.78. The molecule has 1 amide bonds. The van der Waals surface area contributed by atoms with Crippen LogP contribution in [0.5, 0.6) is 0 Å². The molecule has 0 atom stereocenters. The lowest BCUT2D eigenvalue weighted by Gasteiger charge is -2.09. The second kappa shape index (κ2) is 6.43. The number of aromatic nitrogens is 2. The maximum absolute atomic E-state index is 12.6. The Morgan fingerprint density at radius 2 is 2.14 bits per heavy atom. The first-order valence-electron chi connectivity index (χ1n) is 6.36. The molecule has 1 heterocycles. The van der Waals surface area contributed by atoms with Crippen LogP contribution < -0.4 is 5.32 Å². The van der Waals surface area contributed by atoms with E-state index < -0.39 is 11.7 Å². The number of aromatic amines is 1. The number of halogens is 3. The molecule has 21 heavy (non-hydrogen) atoms. The lowest BCUT2D eigenvalue weighted by molar-refractivity contribution is -0.137.